The van der Waals surface area contributed by atoms with Gasteiger partial charge < -0.3 is 4.55 Å². The molecule has 1 atom stereocenters. The van der Waals surface area contributed by atoms with Crippen molar-refractivity contribution in [3.8, 4) is 0 Å². The number of hydrogen-bond acceptors (Lipinski definition) is 5. The van der Waals surface area contributed by atoms with Crippen LogP contribution in [0.5, 0.6) is 0 Å². The molecule has 19 heavy (non-hydrogen) atoms. The number of unbranched alkanes of at least 4 members (excludes halogenated alkanes) is 1. The second-order valence-electron chi connectivity index (χ2n) is 3.98. The van der Waals surface area contributed by atoms with E-state index >= 15 is 0 Å². The van der Waals surface area contributed by atoms with E-state index in [0.29, 0.717) is 17.2 Å². The molecule has 0 aromatic carbocycles. The summed E-state index contributed by atoms with van der Waals surface area (Å²) in [4.78, 5) is 3.89. The summed E-state index contributed by atoms with van der Waals surface area (Å²) in [7, 11) is -3.74. The summed E-state index contributed by atoms with van der Waals surface area (Å²) in [6.07, 6.45) is 2.97. The minimum absolute atomic E-state index is 0.0591. The van der Waals surface area contributed by atoms with Gasteiger partial charge in [0.15, 0.2) is 0 Å². The molecule has 0 radical (unpaired) electrons. The molecule has 0 bridgehead atoms. The Kier molecular flexibility index (Phi) is 5.92. The van der Waals surface area contributed by atoms with Gasteiger partial charge in [0.1, 0.15) is 16.4 Å². The summed E-state index contributed by atoms with van der Waals surface area (Å²) in [5, 5.41) is 4.97. The van der Waals surface area contributed by atoms with Gasteiger partial charge in [-0.3, -0.25) is 4.98 Å². The van der Waals surface area contributed by atoms with Crippen molar-refractivity contribution in [2.45, 2.75) is 31.6 Å². The number of aromatic nitrogens is 1. The second kappa shape index (κ2) is 6.99. The molecule has 0 aliphatic rings. The first kappa shape index (κ1) is 16.1. The zero-order valence-corrected chi connectivity index (χ0v) is 12.5. The van der Waals surface area contributed by atoms with Crippen LogP contribution >= 0.6 is 0 Å². The maximum Gasteiger partial charge on any atom is 0.239 e. The van der Waals surface area contributed by atoms with E-state index in [1.807, 2.05) is 6.92 Å². The molecule has 6 nitrogen and oxygen atoms in total. The molecule has 0 aliphatic carbocycles. The fraction of sp³-hybridized carbons (Fsp3) is 0.455. The van der Waals surface area contributed by atoms with E-state index in [4.69, 9.17) is 5.14 Å². The van der Waals surface area contributed by atoms with Gasteiger partial charge in [-0.15, -0.1) is 0 Å². The van der Waals surface area contributed by atoms with E-state index in [2.05, 4.69) is 9.38 Å². The smallest absolute Gasteiger partial charge is 0.239 e. The molecule has 2 N–H and O–H groups in total. The monoisotopic (exact) mass is 303 g/mol. The van der Waals surface area contributed by atoms with Crippen molar-refractivity contribution in [3.63, 3.8) is 0 Å². The maximum absolute atomic E-state index is 11.6. The molecule has 1 rings (SSSR count). The van der Waals surface area contributed by atoms with E-state index in [9.17, 15) is 13.0 Å². The Morgan fingerprint density at radius 1 is 1.53 bits per heavy atom. The summed E-state index contributed by atoms with van der Waals surface area (Å²) >= 11 is -1.27. The molecule has 0 aliphatic heterocycles. The summed E-state index contributed by atoms with van der Waals surface area (Å²) in [6, 6.07) is 2.85. The van der Waals surface area contributed by atoms with E-state index in [1.54, 1.807) is 6.92 Å². The van der Waals surface area contributed by atoms with Crippen LogP contribution in [0, 0.1) is 0 Å². The first-order chi connectivity index (χ1) is 8.84. The van der Waals surface area contributed by atoms with E-state index < -0.39 is 21.4 Å². The van der Waals surface area contributed by atoms with Gasteiger partial charge in [0.2, 0.25) is 10.0 Å². The number of nitrogens with zero attached hydrogens (tertiary/aromatic N) is 2. The largest absolute Gasteiger partial charge is 0.591 e. The number of primary sulfonamides is 1. The number of nitrogens with two attached hydrogens (primary N) is 1. The Labute approximate surface area is 116 Å². The molecule has 1 unspecified atom stereocenters. The number of rotatable bonds is 6. The van der Waals surface area contributed by atoms with Crippen LogP contribution in [-0.4, -0.2) is 29.4 Å². The molecule has 0 spiro atoms. The highest BCUT2D eigenvalue weighted by Gasteiger charge is 2.11. The van der Waals surface area contributed by atoms with Crippen molar-refractivity contribution in [2.75, 3.05) is 5.75 Å². The average Bonchev–Trinajstić information content (AvgIpc) is 2.35. The predicted molar refractivity (Wildman–Crippen MR) is 75.7 cm³/mol. The topological polar surface area (TPSA) is 108 Å². The molecule has 1 aromatic rings. The zero-order valence-electron chi connectivity index (χ0n) is 10.9. The van der Waals surface area contributed by atoms with Crippen LogP contribution in [0.1, 0.15) is 32.4 Å². The first-order valence-electron chi connectivity index (χ1n) is 5.77. The normalized spacial score (nSPS) is 14.4. The van der Waals surface area contributed by atoms with Crippen LogP contribution in [0.3, 0.4) is 0 Å². The minimum Gasteiger partial charge on any atom is -0.591 e. The number of hydrogen-bond donors (Lipinski definition) is 1. The van der Waals surface area contributed by atoms with Gasteiger partial charge in [0.05, 0.1) is 17.1 Å². The first-order valence-corrected chi connectivity index (χ1v) is 8.60. The highest BCUT2D eigenvalue weighted by Crippen LogP contribution is 2.08. The van der Waals surface area contributed by atoms with Crippen LogP contribution in [0.2, 0.25) is 0 Å². The van der Waals surface area contributed by atoms with Gasteiger partial charge in [0, 0.05) is 6.20 Å². The fourth-order valence-corrected chi connectivity index (χ4v) is 2.76. The van der Waals surface area contributed by atoms with E-state index in [0.717, 1.165) is 12.8 Å². The van der Waals surface area contributed by atoms with Crippen molar-refractivity contribution in [1.82, 2.24) is 4.98 Å². The summed E-state index contributed by atoms with van der Waals surface area (Å²) in [5.41, 5.74) is 0.993. The SMILES string of the molecule is CCCC[S+]([O-])/N=C(\C)c1ccc(S(N)(=O)=O)cn1. The Bertz CT molecular complexity index is 541. The summed E-state index contributed by atoms with van der Waals surface area (Å²) in [5.74, 6) is 0.517. The Balaban J connectivity index is 2.83. The van der Waals surface area contributed by atoms with Crippen molar-refractivity contribution < 1.29 is 13.0 Å². The lowest BCUT2D eigenvalue weighted by atomic mass is 10.3. The van der Waals surface area contributed by atoms with Crippen LogP contribution < -0.4 is 5.14 Å². The lowest BCUT2D eigenvalue weighted by Crippen LogP contribution is -2.13. The van der Waals surface area contributed by atoms with Gasteiger partial charge in [-0.05, 0) is 25.5 Å². The zero-order chi connectivity index (χ0) is 14.5. The fourth-order valence-electron chi connectivity index (χ4n) is 1.28. The second-order valence-corrected chi connectivity index (χ2v) is 6.78. The van der Waals surface area contributed by atoms with Gasteiger partial charge >= 0.3 is 0 Å². The maximum atomic E-state index is 11.6. The van der Waals surface area contributed by atoms with Crippen LogP contribution in [0.25, 0.3) is 0 Å². The van der Waals surface area contributed by atoms with Gasteiger partial charge in [-0.1, -0.05) is 17.7 Å². The van der Waals surface area contributed by atoms with Gasteiger partial charge in [0.25, 0.3) is 0 Å². The van der Waals surface area contributed by atoms with Gasteiger partial charge in [-0.2, -0.15) is 0 Å². The molecule has 0 saturated heterocycles. The quantitative estimate of drug-likeness (QED) is 0.624. The van der Waals surface area contributed by atoms with Crippen molar-refractivity contribution in [1.29, 1.82) is 0 Å². The standard InChI is InChI=1S/C11H17N3O3S2/c1-3-4-7-18(15)14-9(2)11-6-5-10(8-13-11)19(12,16)17/h5-6,8H,3-4,7H2,1-2H3,(H2,12,16,17)/b14-9+. The van der Waals surface area contributed by atoms with E-state index in [-0.39, 0.29) is 4.90 Å². The number of pyridine rings is 1. The van der Waals surface area contributed by atoms with Crippen LogP contribution in [-0.2, 0) is 21.4 Å². The predicted octanol–water partition coefficient (Wildman–Crippen LogP) is 1.00. The molecule has 1 heterocycles. The Morgan fingerprint density at radius 2 is 2.21 bits per heavy atom. The molecular weight excluding hydrogens is 286 g/mol. The third kappa shape index (κ3) is 5.27. The Hall–Kier alpha value is -0.960. The molecule has 0 amide bonds. The highest BCUT2D eigenvalue weighted by molar-refractivity contribution is 7.90. The summed E-state index contributed by atoms with van der Waals surface area (Å²) < 4.78 is 37.8. The molecular formula is C11H17N3O3S2. The molecule has 106 valence electrons. The molecule has 8 heteroatoms. The molecule has 1 aromatic heterocycles. The lowest BCUT2D eigenvalue weighted by Gasteiger charge is -2.05. The third-order valence-corrected chi connectivity index (χ3v) is 4.36. The third-order valence-electron chi connectivity index (χ3n) is 2.35. The number of sulfonamides is 1. The average molecular weight is 303 g/mol. The van der Waals surface area contributed by atoms with Crippen molar-refractivity contribution in [2.24, 2.45) is 9.54 Å². The minimum atomic E-state index is -3.74. The summed E-state index contributed by atoms with van der Waals surface area (Å²) in [6.45, 7) is 3.70. The Morgan fingerprint density at radius 3 is 2.68 bits per heavy atom. The highest BCUT2D eigenvalue weighted by atomic mass is 32.2. The van der Waals surface area contributed by atoms with Crippen molar-refractivity contribution >= 4 is 27.1 Å². The molecule has 0 fully saturated rings. The van der Waals surface area contributed by atoms with Gasteiger partial charge in [-0.25, -0.2) is 13.6 Å². The molecule has 0 saturated carbocycles. The van der Waals surface area contributed by atoms with Crippen LogP contribution in [0.4, 0.5) is 0 Å². The van der Waals surface area contributed by atoms with Crippen molar-refractivity contribution in [3.05, 3.63) is 24.0 Å². The van der Waals surface area contributed by atoms with E-state index in [1.165, 1.54) is 18.3 Å². The lowest BCUT2D eigenvalue weighted by molar-refractivity contribution is 0.593. The van der Waals surface area contributed by atoms with Crippen LogP contribution in [0.15, 0.2) is 27.6 Å².